The van der Waals surface area contributed by atoms with Crippen molar-refractivity contribution in [2.45, 2.75) is 13.3 Å². The summed E-state index contributed by atoms with van der Waals surface area (Å²) < 4.78 is 0. The number of allylic oxidation sites excluding steroid dienone is 1. The van der Waals surface area contributed by atoms with Gasteiger partial charge >= 0.3 is 0 Å². The molecule has 13 heavy (non-hydrogen) atoms. The van der Waals surface area contributed by atoms with E-state index in [-0.39, 0.29) is 11.2 Å². The van der Waals surface area contributed by atoms with Gasteiger partial charge in [0.1, 0.15) is 0 Å². The van der Waals surface area contributed by atoms with Crippen LogP contribution in [0.3, 0.4) is 0 Å². The molecule has 0 aliphatic rings. The lowest BCUT2D eigenvalue weighted by molar-refractivity contribution is 0.470. The van der Waals surface area contributed by atoms with E-state index in [1.54, 1.807) is 24.3 Å². The van der Waals surface area contributed by atoms with E-state index in [0.717, 1.165) is 6.42 Å². The summed E-state index contributed by atoms with van der Waals surface area (Å²) in [5.41, 5.74) is 0.220. The Labute approximate surface area is 77.2 Å². The lowest BCUT2D eigenvalue weighted by Gasteiger charge is -1.90. The third kappa shape index (κ3) is 2.44. The fraction of sp³-hybridized carbons (Fsp3) is 0.182. The van der Waals surface area contributed by atoms with Crippen molar-refractivity contribution in [3.63, 3.8) is 0 Å². The summed E-state index contributed by atoms with van der Waals surface area (Å²) in [6, 6.07) is 6.41. The van der Waals surface area contributed by atoms with Crippen LogP contribution in [0.25, 0.3) is 6.08 Å². The molecule has 1 N–H and O–H groups in total. The highest BCUT2D eigenvalue weighted by atomic mass is 16.3. The van der Waals surface area contributed by atoms with Crippen LogP contribution in [0.5, 0.6) is 5.75 Å². The average Bonchev–Trinajstić information content (AvgIpc) is 2.28. The van der Waals surface area contributed by atoms with Crippen LogP contribution in [0.4, 0.5) is 0 Å². The summed E-state index contributed by atoms with van der Waals surface area (Å²) in [6.45, 7) is 1.99. The van der Waals surface area contributed by atoms with E-state index in [4.69, 9.17) is 0 Å². The second-order valence-corrected chi connectivity index (χ2v) is 2.70. The highest BCUT2D eigenvalue weighted by molar-refractivity contribution is 5.55. The molecule has 1 aromatic carbocycles. The second kappa shape index (κ2) is 4.45. The molecule has 0 bridgehead atoms. The Balaban J connectivity index is 3.24. The van der Waals surface area contributed by atoms with Crippen molar-refractivity contribution in [3.05, 3.63) is 46.1 Å². The Morgan fingerprint density at radius 3 is 2.77 bits per heavy atom. The Morgan fingerprint density at radius 2 is 2.08 bits per heavy atom. The zero-order valence-electron chi connectivity index (χ0n) is 7.53. The zero-order chi connectivity index (χ0) is 9.68. The van der Waals surface area contributed by atoms with Crippen LogP contribution in [0, 0.1) is 0 Å². The summed E-state index contributed by atoms with van der Waals surface area (Å²) in [4.78, 5) is 11.1. The molecule has 0 radical (unpaired) electrons. The molecule has 0 unspecified atom stereocenters. The molecule has 2 nitrogen and oxygen atoms in total. The Hall–Kier alpha value is -1.57. The van der Waals surface area contributed by atoms with Crippen molar-refractivity contribution in [2.75, 3.05) is 0 Å². The summed E-state index contributed by atoms with van der Waals surface area (Å²) in [6.07, 6.45) is 4.53. The summed E-state index contributed by atoms with van der Waals surface area (Å²) in [5.74, 6) is -0.185. The smallest absolute Gasteiger partial charge is 0.220 e. The second-order valence-electron chi connectivity index (χ2n) is 2.70. The van der Waals surface area contributed by atoms with E-state index in [2.05, 4.69) is 0 Å². The number of hydrogen-bond acceptors (Lipinski definition) is 2. The fourth-order valence-electron chi connectivity index (χ4n) is 0.982. The molecule has 1 aromatic rings. The predicted octanol–water partition coefficient (Wildman–Crippen LogP) is 2.18. The summed E-state index contributed by atoms with van der Waals surface area (Å²) >= 11 is 0. The van der Waals surface area contributed by atoms with Crippen LogP contribution in [0.1, 0.15) is 18.9 Å². The molecule has 0 spiro atoms. The van der Waals surface area contributed by atoms with Gasteiger partial charge in [0.2, 0.25) is 5.43 Å². The molecular formula is C11H12O2. The van der Waals surface area contributed by atoms with E-state index in [9.17, 15) is 9.90 Å². The highest BCUT2D eigenvalue weighted by Gasteiger charge is 1.97. The van der Waals surface area contributed by atoms with Gasteiger partial charge in [-0.15, -0.1) is 0 Å². The van der Waals surface area contributed by atoms with Crippen LogP contribution in [0.2, 0.25) is 0 Å². The third-order valence-electron chi connectivity index (χ3n) is 1.67. The van der Waals surface area contributed by atoms with Crippen molar-refractivity contribution in [3.8, 4) is 5.75 Å². The first kappa shape index (κ1) is 9.52. The Morgan fingerprint density at radius 1 is 1.38 bits per heavy atom. The Bertz CT molecular complexity index is 367. The normalized spacial score (nSPS) is 10.5. The van der Waals surface area contributed by atoms with Crippen molar-refractivity contribution in [2.24, 2.45) is 0 Å². The van der Waals surface area contributed by atoms with E-state index in [1.807, 2.05) is 13.0 Å². The first-order valence-corrected chi connectivity index (χ1v) is 4.24. The topological polar surface area (TPSA) is 37.3 Å². The van der Waals surface area contributed by atoms with E-state index >= 15 is 0 Å². The molecule has 0 aliphatic carbocycles. The van der Waals surface area contributed by atoms with Crippen molar-refractivity contribution < 1.29 is 5.11 Å². The number of aromatic hydroxyl groups is 1. The van der Waals surface area contributed by atoms with Gasteiger partial charge in [0.05, 0.1) is 0 Å². The first-order chi connectivity index (χ1) is 6.25. The lowest BCUT2D eigenvalue weighted by atomic mass is 10.2. The van der Waals surface area contributed by atoms with Crippen molar-refractivity contribution in [1.82, 2.24) is 0 Å². The highest BCUT2D eigenvalue weighted by Crippen LogP contribution is 2.11. The van der Waals surface area contributed by atoms with Crippen LogP contribution >= 0.6 is 0 Å². The molecule has 0 aliphatic heterocycles. The lowest BCUT2D eigenvalue weighted by Crippen LogP contribution is -1.93. The number of rotatable bonds is 2. The molecule has 1 rings (SSSR count). The maximum atomic E-state index is 11.1. The summed E-state index contributed by atoms with van der Waals surface area (Å²) in [5, 5.41) is 9.42. The number of hydrogen-bond donors (Lipinski definition) is 1. The molecule has 0 atom stereocenters. The quantitative estimate of drug-likeness (QED) is 0.749. The first-order valence-electron chi connectivity index (χ1n) is 4.24. The van der Waals surface area contributed by atoms with Crippen LogP contribution < -0.4 is 5.43 Å². The van der Waals surface area contributed by atoms with Crippen molar-refractivity contribution in [1.29, 1.82) is 0 Å². The van der Waals surface area contributed by atoms with Gasteiger partial charge in [-0.05, 0) is 12.5 Å². The SMILES string of the molecule is CC/C=C\c1ccccc(=O)c1O. The molecule has 0 heterocycles. The van der Waals surface area contributed by atoms with Gasteiger partial charge in [-0.25, -0.2) is 0 Å². The summed E-state index contributed by atoms with van der Waals surface area (Å²) in [7, 11) is 0. The largest absolute Gasteiger partial charge is 0.504 e. The Kier molecular flexibility index (Phi) is 3.26. The van der Waals surface area contributed by atoms with Gasteiger partial charge in [0, 0.05) is 5.56 Å². The molecule has 68 valence electrons. The van der Waals surface area contributed by atoms with E-state index in [1.165, 1.54) is 6.07 Å². The molecule has 2 heteroatoms. The maximum Gasteiger partial charge on any atom is 0.220 e. The van der Waals surface area contributed by atoms with Gasteiger partial charge in [0.25, 0.3) is 0 Å². The monoisotopic (exact) mass is 176 g/mol. The average molecular weight is 176 g/mol. The minimum atomic E-state index is -0.347. The van der Waals surface area contributed by atoms with Crippen LogP contribution in [0.15, 0.2) is 35.1 Å². The van der Waals surface area contributed by atoms with Gasteiger partial charge in [0.15, 0.2) is 5.75 Å². The minimum Gasteiger partial charge on any atom is -0.504 e. The third-order valence-corrected chi connectivity index (χ3v) is 1.67. The predicted molar refractivity (Wildman–Crippen MR) is 53.7 cm³/mol. The molecule has 0 saturated heterocycles. The van der Waals surface area contributed by atoms with Crippen LogP contribution in [-0.2, 0) is 0 Å². The van der Waals surface area contributed by atoms with Crippen LogP contribution in [-0.4, -0.2) is 5.11 Å². The molecule has 0 saturated carbocycles. The molecule has 0 aromatic heterocycles. The van der Waals surface area contributed by atoms with Gasteiger partial charge in [-0.3, -0.25) is 4.79 Å². The molecular weight excluding hydrogens is 164 g/mol. The molecule has 0 fully saturated rings. The minimum absolute atomic E-state index is 0.185. The standard InChI is InChI=1S/C11H12O2/c1-2-3-6-9-7-4-5-8-10(12)11(9)13/h3-8H,2H2,1H3,(H,12,13)/b6-3-. The molecule has 0 amide bonds. The van der Waals surface area contributed by atoms with Gasteiger partial charge in [-0.1, -0.05) is 37.3 Å². The fourth-order valence-corrected chi connectivity index (χ4v) is 0.982. The van der Waals surface area contributed by atoms with E-state index in [0.29, 0.717) is 5.56 Å². The van der Waals surface area contributed by atoms with E-state index < -0.39 is 0 Å². The van der Waals surface area contributed by atoms with Crippen molar-refractivity contribution >= 4 is 6.08 Å². The van der Waals surface area contributed by atoms with Gasteiger partial charge < -0.3 is 5.11 Å². The maximum absolute atomic E-state index is 11.1. The zero-order valence-corrected chi connectivity index (χ0v) is 7.53. The van der Waals surface area contributed by atoms with Gasteiger partial charge in [-0.2, -0.15) is 0 Å².